The van der Waals surface area contributed by atoms with Crippen LogP contribution in [0.5, 0.6) is 0 Å². The van der Waals surface area contributed by atoms with Crippen molar-refractivity contribution in [3.05, 3.63) is 23.0 Å². The lowest BCUT2D eigenvalue weighted by Crippen LogP contribution is -2.46. The SMILES string of the molecule is Cc1cc(C(=O)N2CC(CO)CCC2C)c(C)n1C(C)C. The van der Waals surface area contributed by atoms with Gasteiger partial charge in [0.05, 0.1) is 5.56 Å². The molecule has 1 aromatic rings. The van der Waals surface area contributed by atoms with Crippen LogP contribution in [0.3, 0.4) is 0 Å². The molecule has 118 valence electrons. The molecular weight excluding hydrogens is 264 g/mol. The standard InChI is InChI=1S/C17H28N2O2/c1-11(2)19-13(4)8-16(14(19)5)17(21)18-9-15(10-20)7-6-12(18)3/h8,11-12,15,20H,6-7,9-10H2,1-5H3. The first-order valence-corrected chi connectivity index (χ1v) is 7.97. The highest BCUT2D eigenvalue weighted by Crippen LogP contribution is 2.26. The Morgan fingerprint density at radius 2 is 2.05 bits per heavy atom. The van der Waals surface area contributed by atoms with Gasteiger partial charge in [0.2, 0.25) is 0 Å². The van der Waals surface area contributed by atoms with Gasteiger partial charge in [-0.1, -0.05) is 0 Å². The molecule has 4 nitrogen and oxygen atoms in total. The van der Waals surface area contributed by atoms with Gasteiger partial charge in [0.25, 0.3) is 5.91 Å². The third-order valence-corrected chi connectivity index (χ3v) is 4.73. The van der Waals surface area contributed by atoms with Crippen LogP contribution in [0.1, 0.15) is 61.4 Å². The summed E-state index contributed by atoms with van der Waals surface area (Å²) < 4.78 is 2.21. The quantitative estimate of drug-likeness (QED) is 0.931. The van der Waals surface area contributed by atoms with Gasteiger partial charge in [-0.15, -0.1) is 0 Å². The Balaban J connectivity index is 2.29. The van der Waals surface area contributed by atoms with E-state index in [0.29, 0.717) is 12.6 Å². The summed E-state index contributed by atoms with van der Waals surface area (Å²) in [6, 6.07) is 2.62. The van der Waals surface area contributed by atoms with Crippen LogP contribution in [0.2, 0.25) is 0 Å². The van der Waals surface area contributed by atoms with Crippen molar-refractivity contribution in [3.8, 4) is 0 Å². The first-order valence-electron chi connectivity index (χ1n) is 7.97. The number of piperidine rings is 1. The Morgan fingerprint density at radius 3 is 2.57 bits per heavy atom. The van der Waals surface area contributed by atoms with E-state index in [2.05, 4.69) is 32.3 Å². The Hall–Kier alpha value is -1.29. The van der Waals surface area contributed by atoms with Gasteiger partial charge >= 0.3 is 0 Å². The zero-order chi connectivity index (χ0) is 15.7. The molecule has 21 heavy (non-hydrogen) atoms. The predicted octanol–water partition coefficient (Wildman–Crippen LogP) is 2.92. The van der Waals surface area contributed by atoms with E-state index in [1.165, 1.54) is 0 Å². The number of hydrogen-bond donors (Lipinski definition) is 1. The maximum Gasteiger partial charge on any atom is 0.255 e. The summed E-state index contributed by atoms with van der Waals surface area (Å²) in [5, 5.41) is 9.38. The molecule has 0 aromatic carbocycles. The van der Waals surface area contributed by atoms with Gasteiger partial charge in [0.15, 0.2) is 0 Å². The Bertz CT molecular complexity index is 519. The number of amides is 1. The fourth-order valence-corrected chi connectivity index (χ4v) is 3.56. The van der Waals surface area contributed by atoms with E-state index in [1.807, 2.05) is 17.9 Å². The molecule has 1 amide bonds. The maximum atomic E-state index is 12.9. The van der Waals surface area contributed by atoms with Crippen LogP contribution in [0.15, 0.2) is 6.07 Å². The van der Waals surface area contributed by atoms with Crippen molar-refractivity contribution in [2.24, 2.45) is 5.92 Å². The Labute approximate surface area is 127 Å². The molecule has 1 aromatic heterocycles. The normalized spacial score (nSPS) is 22.9. The average Bonchev–Trinajstić information content (AvgIpc) is 2.73. The molecule has 1 fully saturated rings. The lowest BCUT2D eigenvalue weighted by molar-refractivity contribution is 0.0488. The molecule has 0 spiro atoms. The van der Waals surface area contributed by atoms with Gasteiger partial charge < -0.3 is 14.6 Å². The second kappa shape index (κ2) is 6.22. The van der Waals surface area contributed by atoms with Crippen molar-refractivity contribution < 1.29 is 9.90 Å². The molecule has 1 N–H and O–H groups in total. The number of carbonyl (C=O) groups excluding carboxylic acids is 1. The second-order valence-corrected chi connectivity index (χ2v) is 6.68. The number of nitrogens with zero attached hydrogens (tertiary/aromatic N) is 2. The van der Waals surface area contributed by atoms with Crippen LogP contribution in [0.4, 0.5) is 0 Å². The third kappa shape index (κ3) is 3.00. The fraction of sp³-hybridized carbons (Fsp3) is 0.706. The van der Waals surface area contributed by atoms with Gasteiger partial charge in [-0.3, -0.25) is 4.79 Å². The first-order chi connectivity index (χ1) is 9.86. The van der Waals surface area contributed by atoms with Crippen LogP contribution >= 0.6 is 0 Å². The van der Waals surface area contributed by atoms with E-state index in [0.717, 1.165) is 29.8 Å². The number of aliphatic hydroxyl groups is 1. The lowest BCUT2D eigenvalue weighted by atomic mass is 9.93. The van der Waals surface area contributed by atoms with E-state index in [4.69, 9.17) is 0 Å². The lowest BCUT2D eigenvalue weighted by Gasteiger charge is -2.37. The van der Waals surface area contributed by atoms with Gasteiger partial charge in [0.1, 0.15) is 0 Å². The van der Waals surface area contributed by atoms with E-state index in [9.17, 15) is 9.90 Å². The van der Waals surface area contributed by atoms with Crippen molar-refractivity contribution in [3.63, 3.8) is 0 Å². The summed E-state index contributed by atoms with van der Waals surface area (Å²) in [5.41, 5.74) is 2.99. The smallest absolute Gasteiger partial charge is 0.255 e. The van der Waals surface area contributed by atoms with Crippen molar-refractivity contribution in [1.29, 1.82) is 0 Å². The molecule has 2 heterocycles. The zero-order valence-corrected chi connectivity index (χ0v) is 13.9. The Morgan fingerprint density at radius 1 is 1.38 bits per heavy atom. The molecule has 1 aliphatic rings. The molecule has 2 atom stereocenters. The summed E-state index contributed by atoms with van der Waals surface area (Å²) in [5.74, 6) is 0.333. The summed E-state index contributed by atoms with van der Waals surface area (Å²) in [7, 11) is 0. The molecule has 0 aliphatic carbocycles. The first kappa shape index (κ1) is 16.1. The van der Waals surface area contributed by atoms with E-state index < -0.39 is 0 Å². The highest BCUT2D eigenvalue weighted by atomic mass is 16.3. The minimum absolute atomic E-state index is 0.112. The molecule has 1 saturated heterocycles. The largest absolute Gasteiger partial charge is 0.396 e. The summed E-state index contributed by atoms with van der Waals surface area (Å²) in [4.78, 5) is 14.9. The predicted molar refractivity (Wildman–Crippen MR) is 84.6 cm³/mol. The molecule has 2 unspecified atom stereocenters. The fourth-order valence-electron chi connectivity index (χ4n) is 3.56. The summed E-state index contributed by atoms with van der Waals surface area (Å²) in [6.45, 7) is 11.3. The van der Waals surface area contributed by atoms with Crippen molar-refractivity contribution in [2.45, 2.75) is 59.5 Å². The monoisotopic (exact) mass is 292 g/mol. The molecule has 4 heteroatoms. The molecular formula is C17H28N2O2. The van der Waals surface area contributed by atoms with Crippen LogP contribution in [0.25, 0.3) is 0 Å². The van der Waals surface area contributed by atoms with Crippen molar-refractivity contribution in [2.75, 3.05) is 13.2 Å². The second-order valence-electron chi connectivity index (χ2n) is 6.68. The summed E-state index contributed by atoms with van der Waals surface area (Å²) >= 11 is 0. The zero-order valence-electron chi connectivity index (χ0n) is 13.9. The number of likely N-dealkylation sites (tertiary alicyclic amines) is 1. The molecule has 0 bridgehead atoms. The van der Waals surface area contributed by atoms with Crippen LogP contribution < -0.4 is 0 Å². The van der Waals surface area contributed by atoms with Crippen molar-refractivity contribution >= 4 is 5.91 Å². The minimum Gasteiger partial charge on any atom is -0.396 e. The van der Waals surface area contributed by atoms with Crippen LogP contribution in [0, 0.1) is 19.8 Å². The number of hydrogen-bond acceptors (Lipinski definition) is 2. The number of rotatable bonds is 3. The highest BCUT2D eigenvalue weighted by molar-refractivity contribution is 5.96. The highest BCUT2D eigenvalue weighted by Gasteiger charge is 2.31. The average molecular weight is 292 g/mol. The van der Waals surface area contributed by atoms with Gasteiger partial charge in [-0.25, -0.2) is 0 Å². The van der Waals surface area contributed by atoms with Gasteiger partial charge in [0, 0.05) is 36.6 Å². The third-order valence-electron chi connectivity index (χ3n) is 4.73. The minimum atomic E-state index is 0.112. The van der Waals surface area contributed by atoms with Gasteiger partial charge in [-0.05, 0) is 59.4 Å². The number of aliphatic hydroxyl groups excluding tert-OH is 1. The van der Waals surface area contributed by atoms with Gasteiger partial charge in [-0.2, -0.15) is 0 Å². The van der Waals surface area contributed by atoms with E-state index in [-0.39, 0.29) is 24.5 Å². The van der Waals surface area contributed by atoms with E-state index in [1.54, 1.807) is 0 Å². The molecule has 2 rings (SSSR count). The number of aryl methyl sites for hydroxylation is 1. The number of aromatic nitrogens is 1. The molecule has 0 saturated carbocycles. The maximum absolute atomic E-state index is 12.9. The van der Waals surface area contributed by atoms with E-state index >= 15 is 0 Å². The Kier molecular flexibility index (Phi) is 4.77. The molecule has 1 aliphatic heterocycles. The molecule has 0 radical (unpaired) electrons. The topological polar surface area (TPSA) is 45.5 Å². The van der Waals surface area contributed by atoms with Crippen LogP contribution in [-0.2, 0) is 0 Å². The van der Waals surface area contributed by atoms with Crippen molar-refractivity contribution in [1.82, 2.24) is 9.47 Å². The summed E-state index contributed by atoms with van der Waals surface area (Å²) in [6.07, 6.45) is 1.98. The van der Waals surface area contributed by atoms with Crippen LogP contribution in [-0.4, -0.2) is 39.7 Å². The number of carbonyl (C=O) groups is 1.